The van der Waals surface area contributed by atoms with Crippen LogP contribution in [0.3, 0.4) is 0 Å². The monoisotopic (exact) mass is 438 g/mol. The Labute approximate surface area is 188 Å². The second-order valence-corrected chi connectivity index (χ2v) is 7.74. The molecule has 0 aliphatic carbocycles. The minimum absolute atomic E-state index is 0.0999. The van der Waals surface area contributed by atoms with Gasteiger partial charge in [-0.25, -0.2) is 9.37 Å². The third-order valence-electron chi connectivity index (χ3n) is 5.61. The van der Waals surface area contributed by atoms with Crippen molar-refractivity contribution in [2.24, 2.45) is 0 Å². The van der Waals surface area contributed by atoms with Gasteiger partial charge in [-0.1, -0.05) is 18.6 Å². The van der Waals surface area contributed by atoms with Gasteiger partial charge in [0.25, 0.3) is 5.91 Å². The highest BCUT2D eigenvalue weighted by Crippen LogP contribution is 2.18. The molecule has 6 nitrogen and oxygen atoms in total. The highest BCUT2D eigenvalue weighted by molar-refractivity contribution is 5.94. The third kappa shape index (κ3) is 5.93. The summed E-state index contributed by atoms with van der Waals surface area (Å²) in [6.45, 7) is 6.23. The molecule has 2 amide bonds. The van der Waals surface area contributed by atoms with Crippen molar-refractivity contribution < 1.29 is 14.0 Å². The highest BCUT2D eigenvalue weighted by atomic mass is 19.1. The fourth-order valence-electron chi connectivity index (χ4n) is 3.79. The van der Waals surface area contributed by atoms with Gasteiger partial charge in [0.15, 0.2) is 0 Å². The lowest BCUT2D eigenvalue weighted by atomic mass is 10.1. The van der Waals surface area contributed by atoms with Gasteiger partial charge in [0.1, 0.15) is 18.2 Å². The standard InChI is InChI=1S/C25H31FN4O2/c1-3-29(4-2)24(31)18-30-22-11-8-7-10-21(22)28-23(30)12-6-5-9-17-27-25(32)19-13-15-20(26)16-14-19/h7-8,10-11,13-16H,3-6,9,12,17-18H2,1-2H3,(H,27,32). The molecule has 2 aromatic carbocycles. The van der Waals surface area contributed by atoms with Crippen LogP contribution in [-0.4, -0.2) is 45.9 Å². The van der Waals surface area contributed by atoms with Crippen LogP contribution >= 0.6 is 0 Å². The maximum atomic E-state index is 13.0. The van der Waals surface area contributed by atoms with E-state index in [4.69, 9.17) is 4.98 Å². The van der Waals surface area contributed by atoms with Crippen molar-refractivity contribution in [1.82, 2.24) is 19.8 Å². The van der Waals surface area contributed by atoms with Crippen molar-refractivity contribution in [3.05, 3.63) is 65.7 Å². The van der Waals surface area contributed by atoms with E-state index in [2.05, 4.69) is 5.32 Å². The maximum absolute atomic E-state index is 13.0. The number of halogens is 1. The Bertz CT molecular complexity index is 1040. The number of amides is 2. The second kappa shape index (κ2) is 11.4. The zero-order valence-corrected chi connectivity index (χ0v) is 18.8. The molecule has 0 saturated heterocycles. The number of nitrogens with zero attached hydrogens (tertiary/aromatic N) is 3. The number of para-hydroxylation sites is 2. The van der Waals surface area contributed by atoms with Crippen LogP contribution in [0.15, 0.2) is 48.5 Å². The molecule has 0 atom stereocenters. The Hall–Kier alpha value is -3.22. The topological polar surface area (TPSA) is 67.2 Å². The molecular formula is C25H31FN4O2. The number of aromatic nitrogens is 2. The van der Waals surface area contributed by atoms with E-state index >= 15 is 0 Å². The SMILES string of the molecule is CCN(CC)C(=O)Cn1c(CCCCCNC(=O)c2ccc(F)cc2)nc2ccccc21. The normalized spacial score (nSPS) is 11.0. The van der Waals surface area contributed by atoms with E-state index in [0.29, 0.717) is 31.7 Å². The highest BCUT2D eigenvalue weighted by Gasteiger charge is 2.16. The molecule has 0 bridgehead atoms. The zero-order valence-electron chi connectivity index (χ0n) is 18.8. The predicted molar refractivity (Wildman–Crippen MR) is 124 cm³/mol. The van der Waals surface area contributed by atoms with E-state index in [-0.39, 0.29) is 17.6 Å². The average Bonchev–Trinajstić information content (AvgIpc) is 3.14. The number of rotatable bonds is 11. The molecule has 3 aromatic rings. The van der Waals surface area contributed by atoms with Crippen LogP contribution in [0.4, 0.5) is 4.39 Å². The van der Waals surface area contributed by atoms with E-state index in [0.717, 1.165) is 42.5 Å². The zero-order chi connectivity index (χ0) is 22.9. The van der Waals surface area contributed by atoms with Gasteiger partial charge in [-0.2, -0.15) is 0 Å². The van der Waals surface area contributed by atoms with E-state index in [1.165, 1.54) is 24.3 Å². The number of carbonyl (C=O) groups excluding carboxylic acids is 2. The van der Waals surface area contributed by atoms with Crippen molar-refractivity contribution in [3.63, 3.8) is 0 Å². The predicted octanol–water partition coefficient (Wildman–Crippen LogP) is 4.19. The van der Waals surface area contributed by atoms with Crippen LogP contribution in [0.1, 0.15) is 49.3 Å². The Morgan fingerprint density at radius 3 is 2.44 bits per heavy atom. The first-order chi connectivity index (χ1) is 15.5. The van der Waals surface area contributed by atoms with Crippen LogP contribution in [0.5, 0.6) is 0 Å². The fourth-order valence-corrected chi connectivity index (χ4v) is 3.79. The van der Waals surface area contributed by atoms with Gasteiger partial charge in [-0.05, 0) is 63.1 Å². The van der Waals surface area contributed by atoms with Crippen LogP contribution in [0.2, 0.25) is 0 Å². The number of likely N-dealkylation sites (N-methyl/N-ethyl adjacent to an activating group) is 1. The summed E-state index contributed by atoms with van der Waals surface area (Å²) >= 11 is 0. The molecule has 0 aliphatic rings. The summed E-state index contributed by atoms with van der Waals surface area (Å²) in [7, 11) is 0. The molecule has 0 aliphatic heterocycles. The molecule has 0 spiro atoms. The Balaban J connectivity index is 1.52. The number of unbranched alkanes of at least 4 members (excludes halogenated alkanes) is 2. The first kappa shape index (κ1) is 23.4. The lowest BCUT2D eigenvalue weighted by molar-refractivity contribution is -0.131. The third-order valence-corrected chi connectivity index (χ3v) is 5.61. The number of hydrogen-bond acceptors (Lipinski definition) is 3. The summed E-state index contributed by atoms with van der Waals surface area (Å²) in [5, 5.41) is 2.87. The molecule has 0 unspecified atom stereocenters. The summed E-state index contributed by atoms with van der Waals surface area (Å²) in [5.41, 5.74) is 2.34. The summed E-state index contributed by atoms with van der Waals surface area (Å²) in [6.07, 6.45) is 3.45. The van der Waals surface area contributed by atoms with Gasteiger partial charge < -0.3 is 14.8 Å². The Kier molecular flexibility index (Phi) is 8.36. The molecule has 3 rings (SSSR count). The van der Waals surface area contributed by atoms with Crippen LogP contribution in [0.25, 0.3) is 11.0 Å². The first-order valence-electron chi connectivity index (χ1n) is 11.3. The molecule has 170 valence electrons. The van der Waals surface area contributed by atoms with Gasteiger partial charge in [0.05, 0.1) is 11.0 Å². The van der Waals surface area contributed by atoms with Gasteiger partial charge in [-0.15, -0.1) is 0 Å². The summed E-state index contributed by atoms with van der Waals surface area (Å²) in [6, 6.07) is 13.4. The number of fused-ring (bicyclic) bond motifs is 1. The van der Waals surface area contributed by atoms with E-state index in [1.54, 1.807) is 0 Å². The van der Waals surface area contributed by atoms with Crippen molar-refractivity contribution >= 4 is 22.8 Å². The molecular weight excluding hydrogens is 407 g/mol. The summed E-state index contributed by atoms with van der Waals surface area (Å²) in [5.74, 6) is 0.470. The lowest BCUT2D eigenvalue weighted by Gasteiger charge is -2.20. The minimum atomic E-state index is -0.355. The van der Waals surface area contributed by atoms with Gasteiger partial charge in [-0.3, -0.25) is 9.59 Å². The number of imidazole rings is 1. The molecule has 0 fully saturated rings. The largest absolute Gasteiger partial charge is 0.352 e. The van der Waals surface area contributed by atoms with Crippen LogP contribution in [-0.2, 0) is 17.8 Å². The van der Waals surface area contributed by atoms with Crippen molar-refractivity contribution in [3.8, 4) is 0 Å². The van der Waals surface area contributed by atoms with Crippen LogP contribution in [0, 0.1) is 5.82 Å². The van der Waals surface area contributed by atoms with Crippen molar-refractivity contribution in [2.75, 3.05) is 19.6 Å². The molecule has 0 radical (unpaired) electrons. The Morgan fingerprint density at radius 2 is 1.72 bits per heavy atom. The number of hydrogen-bond donors (Lipinski definition) is 1. The Morgan fingerprint density at radius 1 is 1.00 bits per heavy atom. The number of benzene rings is 2. The summed E-state index contributed by atoms with van der Waals surface area (Å²) in [4.78, 5) is 31.4. The summed E-state index contributed by atoms with van der Waals surface area (Å²) < 4.78 is 15.0. The van der Waals surface area contributed by atoms with Crippen molar-refractivity contribution in [1.29, 1.82) is 0 Å². The molecule has 1 aromatic heterocycles. The quantitative estimate of drug-likeness (QED) is 0.457. The number of aryl methyl sites for hydroxylation is 1. The van der Waals surface area contributed by atoms with Crippen molar-refractivity contribution in [2.45, 2.75) is 46.1 Å². The fraction of sp³-hybridized carbons (Fsp3) is 0.400. The van der Waals surface area contributed by atoms with Crippen LogP contribution < -0.4 is 5.32 Å². The van der Waals surface area contributed by atoms with E-state index in [9.17, 15) is 14.0 Å². The number of carbonyl (C=O) groups is 2. The minimum Gasteiger partial charge on any atom is -0.352 e. The number of nitrogens with one attached hydrogen (secondary N) is 1. The maximum Gasteiger partial charge on any atom is 0.251 e. The smallest absolute Gasteiger partial charge is 0.251 e. The van der Waals surface area contributed by atoms with Gasteiger partial charge in [0, 0.05) is 31.6 Å². The molecule has 7 heteroatoms. The molecule has 32 heavy (non-hydrogen) atoms. The van der Waals surface area contributed by atoms with E-state index in [1.807, 2.05) is 47.6 Å². The first-order valence-corrected chi connectivity index (χ1v) is 11.3. The van der Waals surface area contributed by atoms with E-state index < -0.39 is 0 Å². The second-order valence-electron chi connectivity index (χ2n) is 7.74. The van der Waals surface area contributed by atoms with Gasteiger partial charge in [0.2, 0.25) is 5.91 Å². The molecule has 1 N–H and O–H groups in total. The molecule has 1 heterocycles. The lowest BCUT2D eigenvalue weighted by Crippen LogP contribution is -2.33. The average molecular weight is 439 g/mol. The molecule has 0 saturated carbocycles. The van der Waals surface area contributed by atoms with Gasteiger partial charge >= 0.3 is 0 Å².